The van der Waals surface area contributed by atoms with Crippen LogP contribution >= 0.6 is 11.3 Å². The molecule has 0 fully saturated rings. The molecule has 0 spiro atoms. The van der Waals surface area contributed by atoms with Gasteiger partial charge < -0.3 is 4.90 Å². The highest BCUT2D eigenvalue weighted by Gasteiger charge is 2.28. The molecule has 0 saturated carbocycles. The lowest BCUT2D eigenvalue weighted by molar-refractivity contribution is 1.18. The number of rotatable bonds is 4. The third kappa shape index (κ3) is 4.42. The van der Waals surface area contributed by atoms with E-state index in [1.165, 1.54) is 43.0 Å². The van der Waals surface area contributed by atoms with Crippen LogP contribution in [0.4, 0.5) is 17.1 Å². The molecule has 4 heteroatoms. The van der Waals surface area contributed by atoms with Gasteiger partial charge in [0, 0.05) is 54.0 Å². The third-order valence-corrected chi connectivity index (χ3v) is 9.85. The van der Waals surface area contributed by atoms with Gasteiger partial charge in [-0.1, -0.05) is 127 Å². The average Bonchev–Trinajstić information content (AvgIpc) is 3.47. The van der Waals surface area contributed by atoms with Gasteiger partial charge in [-0.3, -0.25) is 0 Å². The molecule has 0 radical (unpaired) electrons. The van der Waals surface area contributed by atoms with Gasteiger partial charge in [0.25, 0.3) is 0 Å². The summed E-state index contributed by atoms with van der Waals surface area (Å²) in [6.07, 6.45) is 0. The summed E-state index contributed by atoms with van der Waals surface area (Å²) < 4.78 is 1.31. The number of benzene rings is 6. The summed E-state index contributed by atoms with van der Waals surface area (Å²) >= 11 is 1.87. The number of aromatic nitrogens is 2. The van der Waals surface area contributed by atoms with Gasteiger partial charge in [0.15, 0.2) is 5.82 Å². The monoisotopic (exact) mass is 605 g/mol. The molecule has 6 aromatic carbocycles. The van der Waals surface area contributed by atoms with E-state index in [0.29, 0.717) is 0 Å². The Kier molecular flexibility index (Phi) is 6.32. The van der Waals surface area contributed by atoms with Gasteiger partial charge in [0.2, 0.25) is 0 Å². The summed E-state index contributed by atoms with van der Waals surface area (Å²) in [6, 6.07) is 57.7. The Hall–Kier alpha value is -5.84. The maximum atomic E-state index is 5.05. The molecule has 46 heavy (non-hydrogen) atoms. The minimum absolute atomic E-state index is 0.717. The van der Waals surface area contributed by atoms with E-state index in [2.05, 4.69) is 132 Å². The molecule has 0 aliphatic carbocycles. The lowest BCUT2D eigenvalue weighted by Gasteiger charge is -2.27. The minimum Gasteiger partial charge on any atom is -0.309 e. The first-order valence-electron chi connectivity index (χ1n) is 15.4. The number of fused-ring (bicyclic) bond motifs is 7. The largest absolute Gasteiger partial charge is 0.309 e. The molecule has 216 valence electrons. The van der Waals surface area contributed by atoms with Crippen molar-refractivity contribution in [2.75, 3.05) is 4.90 Å². The Morgan fingerprint density at radius 3 is 1.72 bits per heavy atom. The number of hydrogen-bond acceptors (Lipinski definition) is 4. The zero-order valence-electron chi connectivity index (χ0n) is 24.8. The zero-order valence-corrected chi connectivity index (χ0v) is 25.7. The van der Waals surface area contributed by atoms with Crippen LogP contribution in [0.15, 0.2) is 164 Å². The first kappa shape index (κ1) is 26.6. The third-order valence-electron chi connectivity index (χ3n) is 8.65. The average molecular weight is 606 g/mol. The van der Waals surface area contributed by atoms with Crippen molar-refractivity contribution in [1.29, 1.82) is 0 Å². The first-order valence-corrected chi connectivity index (χ1v) is 16.2. The summed E-state index contributed by atoms with van der Waals surface area (Å²) in [6.45, 7) is 0. The van der Waals surface area contributed by atoms with E-state index < -0.39 is 0 Å². The normalized spacial score (nSPS) is 11.9. The Balaban J connectivity index is 1.19. The molecule has 0 atom stereocenters. The highest BCUT2D eigenvalue weighted by Crippen LogP contribution is 2.55. The second kappa shape index (κ2) is 11.0. The minimum atomic E-state index is 0.717. The molecule has 1 aliphatic heterocycles. The van der Waals surface area contributed by atoms with E-state index in [1.807, 2.05) is 47.7 Å². The van der Waals surface area contributed by atoms with Crippen molar-refractivity contribution < 1.29 is 0 Å². The Morgan fingerprint density at radius 2 is 1.00 bits per heavy atom. The predicted octanol–water partition coefficient (Wildman–Crippen LogP) is 11.8. The molecule has 0 unspecified atom stereocenters. The maximum absolute atomic E-state index is 5.05. The smallest absolute Gasteiger partial charge is 0.160 e. The number of hydrogen-bond donors (Lipinski definition) is 0. The summed E-state index contributed by atoms with van der Waals surface area (Å²) in [5.41, 5.74) is 12.1. The lowest BCUT2D eigenvalue weighted by Crippen LogP contribution is -2.10. The van der Waals surface area contributed by atoms with Gasteiger partial charge in [-0.2, -0.15) is 0 Å². The van der Waals surface area contributed by atoms with Crippen LogP contribution in [0.2, 0.25) is 0 Å². The van der Waals surface area contributed by atoms with Crippen LogP contribution in [-0.2, 0) is 0 Å². The van der Waals surface area contributed by atoms with Gasteiger partial charge in [0.05, 0.1) is 22.8 Å². The Bertz CT molecular complexity index is 2300. The molecule has 0 bridgehead atoms. The molecule has 3 nitrogen and oxygen atoms in total. The molecule has 9 rings (SSSR count). The number of thiophene rings is 1. The fraction of sp³-hybridized carbons (Fsp3) is 0. The van der Waals surface area contributed by atoms with Crippen LogP contribution in [0.3, 0.4) is 0 Å². The van der Waals surface area contributed by atoms with Gasteiger partial charge in [-0.25, -0.2) is 9.97 Å². The van der Waals surface area contributed by atoms with Crippen LogP contribution in [-0.4, -0.2) is 9.97 Å². The second-order valence-corrected chi connectivity index (χ2v) is 12.5. The van der Waals surface area contributed by atoms with Crippen molar-refractivity contribution in [2.45, 2.75) is 0 Å². The van der Waals surface area contributed by atoms with Crippen molar-refractivity contribution in [3.05, 3.63) is 164 Å². The van der Waals surface area contributed by atoms with Crippen LogP contribution < -0.4 is 4.90 Å². The van der Waals surface area contributed by atoms with Crippen molar-refractivity contribution in [2.24, 2.45) is 0 Å². The topological polar surface area (TPSA) is 29.0 Å². The van der Waals surface area contributed by atoms with Gasteiger partial charge in [-0.15, -0.1) is 11.3 Å². The van der Waals surface area contributed by atoms with Crippen molar-refractivity contribution in [1.82, 2.24) is 9.97 Å². The standard InChI is InChI=1S/C42H27N3S/c1-3-13-28(14-4-1)35-27-36(44-42(43-35)30-15-5-2-6-16-30)29-23-25-31(26-24-29)45-37-20-10-7-17-32(37)40-34-19-9-12-22-39(34)46-41(40)33-18-8-11-21-38(33)45/h1-27H. The summed E-state index contributed by atoms with van der Waals surface area (Å²) in [7, 11) is 0. The van der Waals surface area contributed by atoms with Crippen LogP contribution in [0, 0.1) is 0 Å². The molecule has 0 amide bonds. The fourth-order valence-electron chi connectivity index (χ4n) is 6.50. The highest BCUT2D eigenvalue weighted by atomic mass is 32.1. The van der Waals surface area contributed by atoms with E-state index in [0.717, 1.165) is 39.6 Å². The van der Waals surface area contributed by atoms with Gasteiger partial charge >= 0.3 is 0 Å². The summed E-state index contributed by atoms with van der Waals surface area (Å²) in [4.78, 5) is 13.7. The Morgan fingerprint density at radius 1 is 0.457 bits per heavy atom. The maximum Gasteiger partial charge on any atom is 0.160 e. The molecule has 0 saturated heterocycles. The predicted molar refractivity (Wildman–Crippen MR) is 193 cm³/mol. The van der Waals surface area contributed by atoms with Gasteiger partial charge in [0.1, 0.15) is 0 Å². The fourth-order valence-corrected chi connectivity index (χ4v) is 7.75. The van der Waals surface area contributed by atoms with Crippen LogP contribution in [0.5, 0.6) is 0 Å². The van der Waals surface area contributed by atoms with Crippen molar-refractivity contribution in [3.63, 3.8) is 0 Å². The van der Waals surface area contributed by atoms with E-state index in [1.54, 1.807) is 0 Å². The summed E-state index contributed by atoms with van der Waals surface area (Å²) in [5.74, 6) is 0.717. The van der Waals surface area contributed by atoms with Gasteiger partial charge in [-0.05, 0) is 36.4 Å². The number of nitrogens with zero attached hydrogens (tertiary/aromatic N) is 3. The number of para-hydroxylation sites is 2. The molecule has 0 N–H and O–H groups in total. The van der Waals surface area contributed by atoms with E-state index >= 15 is 0 Å². The molecular formula is C42H27N3S. The molecular weight excluding hydrogens is 579 g/mol. The second-order valence-electron chi connectivity index (χ2n) is 11.4. The quantitative estimate of drug-likeness (QED) is 0.200. The summed E-state index contributed by atoms with van der Waals surface area (Å²) in [5, 5.41) is 1.30. The van der Waals surface area contributed by atoms with E-state index in [4.69, 9.17) is 9.97 Å². The molecule has 8 aromatic rings. The number of anilines is 3. The first-order chi connectivity index (χ1) is 22.8. The van der Waals surface area contributed by atoms with Crippen molar-refractivity contribution >= 4 is 38.5 Å². The van der Waals surface area contributed by atoms with E-state index in [-0.39, 0.29) is 0 Å². The molecule has 3 heterocycles. The lowest BCUT2D eigenvalue weighted by atomic mass is 9.99. The van der Waals surface area contributed by atoms with Crippen LogP contribution in [0.25, 0.3) is 65.6 Å². The van der Waals surface area contributed by atoms with Crippen LogP contribution in [0.1, 0.15) is 0 Å². The molecule has 2 aromatic heterocycles. The van der Waals surface area contributed by atoms with Crippen molar-refractivity contribution in [3.8, 4) is 55.5 Å². The highest BCUT2D eigenvalue weighted by molar-refractivity contribution is 7.23. The Labute approximate surface area is 271 Å². The zero-order chi connectivity index (χ0) is 30.5. The molecule has 1 aliphatic rings. The SMILES string of the molecule is c1ccc(-c2cc(-c3ccc(N4c5ccccc5-c5sc6ccccc6c5-c5ccccc54)cc3)nc(-c3ccccc3)n2)cc1. The van der Waals surface area contributed by atoms with E-state index in [9.17, 15) is 0 Å².